The second-order valence-corrected chi connectivity index (χ2v) is 3.17. The molecule has 0 N–H and O–H groups in total. The van der Waals surface area contributed by atoms with Crippen LogP contribution >= 0.6 is 0 Å². The van der Waals surface area contributed by atoms with Crippen molar-refractivity contribution in [1.29, 1.82) is 0 Å². The highest BCUT2D eigenvalue weighted by atomic mass is 15.1. The van der Waals surface area contributed by atoms with Crippen LogP contribution in [0.25, 0.3) is 0 Å². The van der Waals surface area contributed by atoms with Gasteiger partial charge < -0.3 is 4.90 Å². The van der Waals surface area contributed by atoms with Crippen molar-refractivity contribution in [2.24, 2.45) is 0 Å². The highest BCUT2D eigenvalue weighted by Gasteiger charge is 2.00. The molecule has 0 amide bonds. The number of likely N-dealkylation sites (N-methyl/N-ethyl adjacent to an activating group) is 1. The van der Waals surface area contributed by atoms with Crippen LogP contribution in [0.4, 0.5) is 5.69 Å². The van der Waals surface area contributed by atoms with E-state index in [1.54, 1.807) is 0 Å². The molecule has 0 heterocycles. The first-order valence-electron chi connectivity index (χ1n) is 4.70. The molecule has 0 bridgehead atoms. The maximum absolute atomic E-state index is 3.75. The van der Waals surface area contributed by atoms with Gasteiger partial charge in [-0.3, -0.25) is 0 Å². The lowest BCUT2D eigenvalue weighted by molar-refractivity contribution is 0.906. The molecule has 1 aromatic carbocycles. The van der Waals surface area contributed by atoms with Gasteiger partial charge in [0.25, 0.3) is 0 Å². The van der Waals surface area contributed by atoms with Crippen molar-refractivity contribution in [3.05, 3.63) is 42.5 Å². The van der Waals surface area contributed by atoms with Gasteiger partial charge in [0, 0.05) is 18.8 Å². The summed E-state index contributed by atoms with van der Waals surface area (Å²) in [6.07, 6.45) is 1.94. The molecule has 0 fully saturated rings. The number of rotatable bonds is 4. The van der Waals surface area contributed by atoms with Crippen molar-refractivity contribution in [3.8, 4) is 0 Å². The van der Waals surface area contributed by atoms with Crippen molar-refractivity contribution in [1.82, 2.24) is 0 Å². The van der Waals surface area contributed by atoms with Crippen LogP contribution in [-0.2, 0) is 0 Å². The van der Waals surface area contributed by atoms with Crippen LogP contribution in [0.15, 0.2) is 36.9 Å². The molecule has 1 rings (SSSR count). The van der Waals surface area contributed by atoms with E-state index in [-0.39, 0.29) is 0 Å². The van der Waals surface area contributed by atoms with Gasteiger partial charge in [-0.25, -0.2) is 0 Å². The number of anilines is 1. The Balaban J connectivity index is 2.84. The van der Waals surface area contributed by atoms with Crippen LogP contribution in [0, 0.1) is 6.92 Å². The molecule has 0 aliphatic rings. The lowest BCUT2D eigenvalue weighted by Crippen LogP contribution is -2.22. The fourth-order valence-electron chi connectivity index (χ4n) is 1.40. The van der Waals surface area contributed by atoms with Crippen LogP contribution in [0.2, 0.25) is 0 Å². The molecule has 1 aromatic rings. The number of hydrogen-bond donors (Lipinski definition) is 0. The van der Waals surface area contributed by atoms with Crippen molar-refractivity contribution >= 4 is 5.69 Å². The van der Waals surface area contributed by atoms with Crippen LogP contribution in [-0.4, -0.2) is 13.1 Å². The van der Waals surface area contributed by atoms with E-state index in [9.17, 15) is 0 Å². The summed E-state index contributed by atoms with van der Waals surface area (Å²) in [5, 5.41) is 0. The van der Waals surface area contributed by atoms with E-state index in [0.717, 1.165) is 13.1 Å². The van der Waals surface area contributed by atoms with Crippen LogP contribution in [0.5, 0.6) is 0 Å². The van der Waals surface area contributed by atoms with Crippen LogP contribution in [0.1, 0.15) is 12.5 Å². The first-order chi connectivity index (χ1) is 6.27. The Hall–Kier alpha value is -1.24. The van der Waals surface area contributed by atoms with Gasteiger partial charge in [-0.15, -0.1) is 6.58 Å². The van der Waals surface area contributed by atoms with Crippen LogP contribution < -0.4 is 4.90 Å². The quantitative estimate of drug-likeness (QED) is 0.636. The molecular weight excluding hydrogens is 158 g/mol. The van der Waals surface area contributed by atoms with Gasteiger partial charge in [-0.05, 0) is 31.5 Å². The van der Waals surface area contributed by atoms with Gasteiger partial charge in [0.1, 0.15) is 0 Å². The molecule has 0 spiro atoms. The second kappa shape index (κ2) is 4.70. The number of hydrogen-bond acceptors (Lipinski definition) is 1. The molecule has 0 radical (unpaired) electrons. The minimum Gasteiger partial charge on any atom is -0.368 e. The van der Waals surface area contributed by atoms with Crippen molar-refractivity contribution < 1.29 is 0 Å². The molecule has 1 heteroatoms. The van der Waals surface area contributed by atoms with Gasteiger partial charge in [0.15, 0.2) is 0 Å². The predicted molar refractivity (Wildman–Crippen MR) is 59.3 cm³/mol. The highest BCUT2D eigenvalue weighted by molar-refractivity contribution is 5.48. The molecule has 0 aliphatic heterocycles. The molecular formula is C12H17N. The Labute approximate surface area is 80.7 Å². The zero-order valence-corrected chi connectivity index (χ0v) is 8.46. The zero-order valence-electron chi connectivity index (χ0n) is 8.46. The van der Waals surface area contributed by atoms with Crippen molar-refractivity contribution in [3.63, 3.8) is 0 Å². The average molecular weight is 175 g/mol. The van der Waals surface area contributed by atoms with E-state index in [1.165, 1.54) is 11.3 Å². The smallest absolute Gasteiger partial charge is 0.0371 e. The van der Waals surface area contributed by atoms with E-state index < -0.39 is 0 Å². The van der Waals surface area contributed by atoms with Crippen molar-refractivity contribution in [2.75, 3.05) is 18.0 Å². The minimum atomic E-state index is 0.917. The Morgan fingerprint density at radius 3 is 2.77 bits per heavy atom. The number of nitrogens with zero attached hydrogens (tertiary/aromatic N) is 1. The number of aryl methyl sites for hydroxylation is 1. The molecule has 0 aromatic heterocycles. The Morgan fingerprint density at radius 2 is 2.23 bits per heavy atom. The largest absolute Gasteiger partial charge is 0.368 e. The maximum atomic E-state index is 3.75. The molecule has 70 valence electrons. The third-order valence-electron chi connectivity index (χ3n) is 2.10. The normalized spacial score (nSPS) is 9.69. The molecule has 13 heavy (non-hydrogen) atoms. The SMILES string of the molecule is C=CCN(CC)c1cccc(C)c1. The summed E-state index contributed by atoms with van der Waals surface area (Å²) >= 11 is 0. The molecule has 0 atom stereocenters. The summed E-state index contributed by atoms with van der Waals surface area (Å²) in [6, 6.07) is 8.55. The van der Waals surface area contributed by atoms with E-state index in [4.69, 9.17) is 0 Å². The Bertz CT molecular complexity index is 278. The fraction of sp³-hybridized carbons (Fsp3) is 0.333. The van der Waals surface area contributed by atoms with Gasteiger partial charge >= 0.3 is 0 Å². The van der Waals surface area contributed by atoms with Crippen LogP contribution in [0.3, 0.4) is 0 Å². The van der Waals surface area contributed by atoms with Gasteiger partial charge in [0.05, 0.1) is 0 Å². The first kappa shape index (κ1) is 9.85. The third kappa shape index (κ3) is 2.62. The summed E-state index contributed by atoms with van der Waals surface area (Å²) in [4.78, 5) is 2.29. The fourth-order valence-corrected chi connectivity index (χ4v) is 1.40. The first-order valence-corrected chi connectivity index (χ1v) is 4.70. The summed E-state index contributed by atoms with van der Waals surface area (Å²) in [6.45, 7) is 9.97. The summed E-state index contributed by atoms with van der Waals surface area (Å²) in [5.41, 5.74) is 2.59. The molecule has 1 nitrogen and oxygen atoms in total. The van der Waals surface area contributed by atoms with E-state index in [0.29, 0.717) is 0 Å². The molecule has 0 aliphatic carbocycles. The van der Waals surface area contributed by atoms with E-state index >= 15 is 0 Å². The topological polar surface area (TPSA) is 3.24 Å². The van der Waals surface area contributed by atoms with E-state index in [1.807, 2.05) is 6.08 Å². The molecule has 0 unspecified atom stereocenters. The zero-order chi connectivity index (χ0) is 9.68. The second-order valence-electron chi connectivity index (χ2n) is 3.17. The van der Waals surface area contributed by atoms with Gasteiger partial charge in [0.2, 0.25) is 0 Å². The molecule has 0 saturated carbocycles. The van der Waals surface area contributed by atoms with Crippen molar-refractivity contribution in [2.45, 2.75) is 13.8 Å². The lowest BCUT2D eigenvalue weighted by Gasteiger charge is -2.21. The Kier molecular flexibility index (Phi) is 3.56. The Morgan fingerprint density at radius 1 is 1.46 bits per heavy atom. The third-order valence-corrected chi connectivity index (χ3v) is 2.10. The minimum absolute atomic E-state index is 0.917. The van der Waals surface area contributed by atoms with Gasteiger partial charge in [-0.2, -0.15) is 0 Å². The molecule has 0 saturated heterocycles. The monoisotopic (exact) mass is 175 g/mol. The summed E-state index contributed by atoms with van der Waals surface area (Å²) < 4.78 is 0. The lowest BCUT2D eigenvalue weighted by atomic mass is 10.2. The maximum Gasteiger partial charge on any atom is 0.0371 e. The highest BCUT2D eigenvalue weighted by Crippen LogP contribution is 2.15. The van der Waals surface area contributed by atoms with E-state index in [2.05, 4.69) is 49.6 Å². The summed E-state index contributed by atoms with van der Waals surface area (Å²) in [7, 11) is 0. The number of benzene rings is 1. The summed E-state index contributed by atoms with van der Waals surface area (Å²) in [5.74, 6) is 0. The standard InChI is InChI=1S/C12H17N/c1-4-9-13(5-2)12-8-6-7-11(3)10-12/h4,6-8,10H,1,5,9H2,2-3H3. The average Bonchev–Trinajstić information content (AvgIpc) is 2.14. The van der Waals surface area contributed by atoms with Gasteiger partial charge in [-0.1, -0.05) is 18.2 Å². The predicted octanol–water partition coefficient (Wildman–Crippen LogP) is 3.01.